The maximum Gasteiger partial charge on any atom is 0.187 e. The minimum absolute atomic E-state index is 0.361. The van der Waals surface area contributed by atoms with E-state index in [2.05, 4.69) is 24.3 Å². The lowest BCUT2D eigenvalue weighted by atomic mass is 9.86. The summed E-state index contributed by atoms with van der Waals surface area (Å²) < 4.78 is 11.8. The first-order valence-corrected chi connectivity index (χ1v) is 6.77. The monoisotopic (exact) mass is 255 g/mol. The minimum Gasteiger partial charge on any atom is -0.477 e. The first kappa shape index (κ1) is 12.3. The fourth-order valence-corrected chi connectivity index (χ4v) is 2.85. The van der Waals surface area contributed by atoms with Crippen LogP contribution in [-0.2, 0) is 16.1 Å². The molecular formula is C16H17NO2. The minimum atomic E-state index is -0.367. The molecule has 0 bridgehead atoms. The van der Waals surface area contributed by atoms with Gasteiger partial charge in [0, 0.05) is 6.42 Å². The van der Waals surface area contributed by atoms with Gasteiger partial charge in [0.25, 0.3) is 0 Å². The lowest BCUT2D eigenvalue weighted by Crippen LogP contribution is -2.33. The van der Waals surface area contributed by atoms with Crippen molar-refractivity contribution in [2.45, 2.75) is 44.0 Å². The van der Waals surface area contributed by atoms with Crippen LogP contribution in [0.25, 0.3) is 0 Å². The third-order valence-corrected chi connectivity index (χ3v) is 3.85. The maximum absolute atomic E-state index is 9.05. The third-order valence-electron chi connectivity index (χ3n) is 3.85. The number of hydrogen-bond donors (Lipinski definition) is 0. The normalized spacial score (nSPS) is 29.0. The van der Waals surface area contributed by atoms with Crippen molar-refractivity contribution in [3.63, 3.8) is 0 Å². The molecule has 3 heteroatoms. The topological polar surface area (TPSA) is 42.2 Å². The van der Waals surface area contributed by atoms with Gasteiger partial charge in [-0.3, -0.25) is 0 Å². The fourth-order valence-electron chi connectivity index (χ4n) is 2.85. The zero-order valence-electron chi connectivity index (χ0n) is 10.8. The van der Waals surface area contributed by atoms with Gasteiger partial charge >= 0.3 is 0 Å². The molecule has 1 heterocycles. The smallest absolute Gasteiger partial charge is 0.187 e. The second-order valence-corrected chi connectivity index (χ2v) is 5.17. The summed E-state index contributed by atoms with van der Waals surface area (Å²) in [6, 6.07) is 12.3. The molecule has 2 atom stereocenters. The largest absolute Gasteiger partial charge is 0.477 e. The molecule has 0 saturated carbocycles. The van der Waals surface area contributed by atoms with Crippen molar-refractivity contribution >= 4 is 0 Å². The summed E-state index contributed by atoms with van der Waals surface area (Å²) in [5, 5.41) is 9.05. The Labute approximate surface area is 113 Å². The summed E-state index contributed by atoms with van der Waals surface area (Å²) in [7, 11) is 0. The lowest BCUT2D eigenvalue weighted by Gasteiger charge is -2.31. The maximum atomic E-state index is 9.05. The predicted octanol–water partition coefficient (Wildman–Crippen LogP) is 3.32. The number of rotatable bonds is 3. The summed E-state index contributed by atoms with van der Waals surface area (Å²) in [6.45, 7) is 0.569. The van der Waals surface area contributed by atoms with E-state index in [0.29, 0.717) is 13.0 Å². The second kappa shape index (κ2) is 5.07. The quantitative estimate of drug-likeness (QED) is 0.832. The highest BCUT2D eigenvalue weighted by molar-refractivity contribution is 5.23. The summed E-state index contributed by atoms with van der Waals surface area (Å²) >= 11 is 0. The number of fused-ring (bicyclic) bond motifs is 1. The Morgan fingerprint density at radius 1 is 1.37 bits per heavy atom. The second-order valence-electron chi connectivity index (χ2n) is 5.17. The molecule has 0 N–H and O–H groups in total. The molecule has 19 heavy (non-hydrogen) atoms. The van der Waals surface area contributed by atoms with Gasteiger partial charge in [-0.25, -0.2) is 0 Å². The zero-order valence-corrected chi connectivity index (χ0v) is 10.8. The molecule has 1 aromatic carbocycles. The number of nitrogens with zero attached hydrogens (tertiary/aromatic N) is 1. The van der Waals surface area contributed by atoms with E-state index < -0.39 is 0 Å². The predicted molar refractivity (Wildman–Crippen MR) is 71.0 cm³/mol. The standard InChI is InChI=1S/C16H17NO2/c17-11-14-10-16(9-5-4-8-15(16)19-14)18-12-13-6-2-1-3-7-13/h1-3,6-8,14H,4-5,9-10,12H2/t14-,16-/m1/s1. The molecule has 3 rings (SSSR count). The molecule has 0 spiro atoms. The third kappa shape index (κ3) is 2.36. The molecule has 1 fully saturated rings. The SMILES string of the molecule is N#C[C@H]1C[C@]2(OCc3ccccc3)CCCC=C2O1. The highest BCUT2D eigenvalue weighted by Crippen LogP contribution is 2.44. The molecule has 1 aliphatic heterocycles. The van der Waals surface area contributed by atoms with E-state index in [4.69, 9.17) is 14.7 Å². The van der Waals surface area contributed by atoms with E-state index in [1.807, 2.05) is 18.2 Å². The molecule has 1 aliphatic carbocycles. The van der Waals surface area contributed by atoms with Crippen molar-refractivity contribution in [2.24, 2.45) is 0 Å². The van der Waals surface area contributed by atoms with Crippen LogP contribution in [-0.4, -0.2) is 11.7 Å². The Bertz CT molecular complexity index is 517. The van der Waals surface area contributed by atoms with Crippen LogP contribution >= 0.6 is 0 Å². The van der Waals surface area contributed by atoms with Gasteiger partial charge in [-0.15, -0.1) is 0 Å². The van der Waals surface area contributed by atoms with Crippen LogP contribution in [0.15, 0.2) is 42.2 Å². The van der Waals surface area contributed by atoms with Gasteiger partial charge in [-0.1, -0.05) is 30.3 Å². The van der Waals surface area contributed by atoms with Crippen molar-refractivity contribution < 1.29 is 9.47 Å². The number of hydrogen-bond acceptors (Lipinski definition) is 3. The summed E-state index contributed by atoms with van der Waals surface area (Å²) in [4.78, 5) is 0. The van der Waals surface area contributed by atoms with Crippen LogP contribution in [0.2, 0.25) is 0 Å². The van der Waals surface area contributed by atoms with Gasteiger partial charge in [-0.05, 0) is 30.9 Å². The molecule has 0 unspecified atom stereocenters. The zero-order chi connectivity index (χ0) is 13.1. The van der Waals surface area contributed by atoms with E-state index >= 15 is 0 Å². The molecular weight excluding hydrogens is 238 g/mol. The van der Waals surface area contributed by atoms with Crippen LogP contribution in [0.3, 0.4) is 0 Å². The molecule has 0 amide bonds. The van der Waals surface area contributed by atoms with Crippen molar-refractivity contribution in [1.82, 2.24) is 0 Å². The molecule has 1 aromatic rings. The molecule has 3 nitrogen and oxygen atoms in total. The first-order valence-electron chi connectivity index (χ1n) is 6.77. The Balaban J connectivity index is 1.76. The summed E-state index contributed by atoms with van der Waals surface area (Å²) in [6.07, 6.45) is 5.45. The molecule has 1 saturated heterocycles. The number of benzene rings is 1. The first-order chi connectivity index (χ1) is 9.32. The van der Waals surface area contributed by atoms with E-state index in [1.54, 1.807) is 0 Å². The Morgan fingerprint density at radius 2 is 2.21 bits per heavy atom. The van der Waals surface area contributed by atoms with Crippen LogP contribution in [0.1, 0.15) is 31.2 Å². The number of ether oxygens (including phenoxy) is 2. The van der Waals surface area contributed by atoms with Crippen LogP contribution < -0.4 is 0 Å². The van der Waals surface area contributed by atoms with Gasteiger partial charge in [-0.2, -0.15) is 5.26 Å². The molecule has 2 aliphatic rings. The van der Waals surface area contributed by atoms with Crippen molar-refractivity contribution in [1.29, 1.82) is 5.26 Å². The van der Waals surface area contributed by atoms with Crippen LogP contribution in [0.4, 0.5) is 0 Å². The Hall–Kier alpha value is -1.79. The molecule has 0 aromatic heterocycles. The van der Waals surface area contributed by atoms with Crippen molar-refractivity contribution in [3.05, 3.63) is 47.7 Å². The van der Waals surface area contributed by atoms with E-state index in [1.165, 1.54) is 0 Å². The van der Waals surface area contributed by atoms with Gasteiger partial charge in [0.15, 0.2) is 6.10 Å². The fraction of sp³-hybridized carbons (Fsp3) is 0.438. The summed E-state index contributed by atoms with van der Waals surface area (Å²) in [5.74, 6) is 0.876. The van der Waals surface area contributed by atoms with Crippen LogP contribution in [0, 0.1) is 11.3 Å². The lowest BCUT2D eigenvalue weighted by molar-refractivity contribution is -0.0414. The average Bonchev–Trinajstić information content (AvgIpc) is 2.85. The molecule has 0 radical (unpaired) electrons. The Kier molecular flexibility index (Phi) is 3.27. The number of allylic oxidation sites excluding steroid dienone is 1. The van der Waals surface area contributed by atoms with Crippen LogP contribution in [0.5, 0.6) is 0 Å². The van der Waals surface area contributed by atoms with E-state index in [9.17, 15) is 0 Å². The molecule has 98 valence electrons. The van der Waals surface area contributed by atoms with Gasteiger partial charge in [0.05, 0.1) is 6.61 Å². The Morgan fingerprint density at radius 3 is 3.00 bits per heavy atom. The van der Waals surface area contributed by atoms with Crippen molar-refractivity contribution in [3.8, 4) is 6.07 Å². The average molecular weight is 255 g/mol. The highest BCUT2D eigenvalue weighted by atomic mass is 16.6. The van der Waals surface area contributed by atoms with Gasteiger partial charge < -0.3 is 9.47 Å². The van der Waals surface area contributed by atoms with E-state index in [-0.39, 0.29) is 11.7 Å². The highest BCUT2D eigenvalue weighted by Gasteiger charge is 2.47. The summed E-state index contributed by atoms with van der Waals surface area (Å²) in [5.41, 5.74) is 0.788. The van der Waals surface area contributed by atoms with E-state index in [0.717, 1.165) is 30.6 Å². The number of nitriles is 1. The van der Waals surface area contributed by atoms with Crippen molar-refractivity contribution in [2.75, 3.05) is 0 Å². The van der Waals surface area contributed by atoms with Gasteiger partial charge in [0.1, 0.15) is 17.4 Å². The van der Waals surface area contributed by atoms with Gasteiger partial charge in [0.2, 0.25) is 0 Å².